The van der Waals surface area contributed by atoms with E-state index in [-0.39, 0.29) is 6.09 Å². The highest BCUT2D eigenvalue weighted by atomic mass is 32.1. The van der Waals surface area contributed by atoms with Gasteiger partial charge in [-0.15, -0.1) is 11.3 Å². The van der Waals surface area contributed by atoms with Crippen molar-refractivity contribution in [1.82, 2.24) is 5.32 Å². The minimum absolute atomic E-state index is 0.347. The normalized spacial score (nSPS) is 16.9. The first-order valence-electron chi connectivity index (χ1n) is 6.82. The Morgan fingerprint density at radius 2 is 2.40 bits per heavy atom. The molecule has 1 aliphatic rings. The van der Waals surface area contributed by atoms with E-state index in [1.54, 1.807) is 11.3 Å². The van der Waals surface area contributed by atoms with Crippen molar-refractivity contribution in [1.29, 1.82) is 5.26 Å². The molecule has 0 aliphatic heterocycles. The number of carbonyl (C=O) groups is 1. The van der Waals surface area contributed by atoms with Gasteiger partial charge in [0.15, 0.2) is 0 Å². The van der Waals surface area contributed by atoms with E-state index in [4.69, 9.17) is 4.74 Å². The van der Waals surface area contributed by atoms with Gasteiger partial charge in [-0.25, -0.2) is 4.79 Å². The lowest BCUT2D eigenvalue weighted by molar-refractivity contribution is 0.123. The van der Waals surface area contributed by atoms with Crippen LogP contribution in [0, 0.1) is 17.2 Å². The van der Waals surface area contributed by atoms with Crippen LogP contribution in [0.5, 0.6) is 0 Å². The number of nitrogens with one attached hydrogen (secondary N) is 2. The van der Waals surface area contributed by atoms with Gasteiger partial charge in [-0.2, -0.15) is 5.26 Å². The summed E-state index contributed by atoms with van der Waals surface area (Å²) in [5.74, 6) is 0.347. The zero-order valence-electron chi connectivity index (χ0n) is 11.8. The number of hydrogen-bond donors (Lipinski definition) is 2. The Morgan fingerprint density at radius 1 is 1.60 bits per heavy atom. The zero-order chi connectivity index (χ0) is 14.5. The minimum Gasteiger partial charge on any atom is -0.449 e. The molecule has 2 rings (SSSR count). The summed E-state index contributed by atoms with van der Waals surface area (Å²) in [4.78, 5) is 12.5. The molecule has 0 aromatic carbocycles. The molecule has 20 heavy (non-hydrogen) atoms. The Hall–Kier alpha value is -1.74. The summed E-state index contributed by atoms with van der Waals surface area (Å²) in [7, 11) is 1.84. The van der Waals surface area contributed by atoms with Gasteiger partial charge in [-0.3, -0.25) is 0 Å². The summed E-state index contributed by atoms with van der Waals surface area (Å²) in [6.07, 6.45) is 2.38. The predicted octanol–water partition coefficient (Wildman–Crippen LogP) is 2.51. The lowest BCUT2D eigenvalue weighted by Crippen LogP contribution is -2.27. The first kappa shape index (κ1) is 14.7. The van der Waals surface area contributed by atoms with Crippen LogP contribution in [0.2, 0.25) is 0 Å². The second kappa shape index (κ2) is 6.62. The Labute approximate surface area is 122 Å². The van der Waals surface area contributed by atoms with Gasteiger partial charge in [0.05, 0.1) is 12.2 Å². The lowest BCUT2D eigenvalue weighted by Gasteiger charge is -2.21. The van der Waals surface area contributed by atoms with E-state index in [1.165, 1.54) is 10.4 Å². The van der Waals surface area contributed by atoms with Gasteiger partial charge in [0.1, 0.15) is 11.1 Å². The minimum atomic E-state index is -0.349. The van der Waals surface area contributed by atoms with Crippen LogP contribution in [0.25, 0.3) is 0 Å². The van der Waals surface area contributed by atoms with E-state index in [0.29, 0.717) is 19.1 Å². The summed E-state index contributed by atoms with van der Waals surface area (Å²) in [6.45, 7) is 2.89. The number of alkyl carbamates (subject to hydrolysis) is 1. The molecular weight excluding hydrogens is 274 g/mol. The van der Waals surface area contributed by atoms with Crippen LogP contribution in [0.4, 0.5) is 9.80 Å². The summed E-state index contributed by atoms with van der Waals surface area (Å²) in [5.41, 5.74) is 1.96. The van der Waals surface area contributed by atoms with Gasteiger partial charge in [0.2, 0.25) is 0 Å². The van der Waals surface area contributed by atoms with Gasteiger partial charge in [0.25, 0.3) is 0 Å². The molecule has 1 aromatic heterocycles. The number of anilines is 1. The van der Waals surface area contributed by atoms with Crippen LogP contribution in [0.1, 0.15) is 29.3 Å². The molecule has 0 saturated heterocycles. The maximum Gasteiger partial charge on any atom is 0.407 e. The van der Waals surface area contributed by atoms with Crippen LogP contribution < -0.4 is 10.6 Å². The third-order valence-corrected chi connectivity index (χ3v) is 4.75. The molecule has 1 aliphatic carbocycles. The Balaban J connectivity index is 1.99. The molecule has 2 N–H and O–H groups in total. The number of amides is 1. The van der Waals surface area contributed by atoms with E-state index in [1.807, 2.05) is 14.0 Å². The molecule has 0 spiro atoms. The summed E-state index contributed by atoms with van der Waals surface area (Å²) in [5, 5.41) is 15.9. The maximum atomic E-state index is 11.3. The Morgan fingerprint density at radius 3 is 3.05 bits per heavy atom. The highest BCUT2D eigenvalue weighted by molar-refractivity contribution is 7.16. The molecule has 0 bridgehead atoms. The van der Waals surface area contributed by atoms with Crippen molar-refractivity contribution >= 4 is 22.4 Å². The van der Waals surface area contributed by atoms with Gasteiger partial charge < -0.3 is 15.4 Å². The van der Waals surface area contributed by atoms with E-state index >= 15 is 0 Å². The van der Waals surface area contributed by atoms with Crippen LogP contribution in [-0.2, 0) is 17.6 Å². The molecule has 1 unspecified atom stereocenters. The Bertz CT molecular complexity index is 533. The highest BCUT2D eigenvalue weighted by Gasteiger charge is 2.26. The zero-order valence-corrected chi connectivity index (χ0v) is 12.6. The van der Waals surface area contributed by atoms with Crippen molar-refractivity contribution in [3.63, 3.8) is 0 Å². The van der Waals surface area contributed by atoms with Gasteiger partial charge in [0, 0.05) is 18.5 Å². The van der Waals surface area contributed by atoms with E-state index < -0.39 is 0 Å². The van der Waals surface area contributed by atoms with E-state index in [9.17, 15) is 10.1 Å². The number of hydrogen-bond acceptors (Lipinski definition) is 5. The quantitative estimate of drug-likeness (QED) is 0.894. The number of rotatable bonds is 4. The fourth-order valence-corrected chi connectivity index (χ4v) is 3.75. The second-order valence-corrected chi connectivity index (χ2v) is 5.91. The molecule has 1 atom stereocenters. The van der Waals surface area contributed by atoms with Crippen molar-refractivity contribution in [2.75, 3.05) is 25.5 Å². The smallest absolute Gasteiger partial charge is 0.407 e. The van der Waals surface area contributed by atoms with Crippen LogP contribution >= 0.6 is 11.3 Å². The fraction of sp³-hybridized carbons (Fsp3) is 0.571. The van der Waals surface area contributed by atoms with Gasteiger partial charge in [-0.05, 0) is 37.7 Å². The monoisotopic (exact) mass is 293 g/mol. The summed E-state index contributed by atoms with van der Waals surface area (Å²) in [6, 6.07) is 2.29. The van der Waals surface area contributed by atoms with E-state index in [0.717, 1.165) is 29.8 Å². The molecule has 1 amide bonds. The van der Waals surface area contributed by atoms with Crippen molar-refractivity contribution in [2.24, 2.45) is 5.92 Å². The maximum absolute atomic E-state index is 11.3. The molecule has 6 heteroatoms. The summed E-state index contributed by atoms with van der Waals surface area (Å²) >= 11 is 1.65. The van der Waals surface area contributed by atoms with Gasteiger partial charge in [-0.1, -0.05) is 0 Å². The van der Waals surface area contributed by atoms with Crippen molar-refractivity contribution < 1.29 is 9.53 Å². The first-order chi connectivity index (χ1) is 9.69. The van der Waals surface area contributed by atoms with Gasteiger partial charge >= 0.3 is 6.09 Å². The molecule has 0 saturated carbocycles. The summed E-state index contributed by atoms with van der Waals surface area (Å²) < 4.78 is 5.20. The van der Waals surface area contributed by atoms with Crippen molar-refractivity contribution in [2.45, 2.75) is 26.2 Å². The number of ether oxygens (including phenoxy) is 1. The molecule has 0 radical (unpaired) electrons. The SMILES string of the molecule is CCNC(=O)OCC1CCc2c(sc(NC)c2C#N)C1. The molecule has 5 nitrogen and oxygen atoms in total. The number of fused-ring (bicyclic) bond motifs is 1. The molecule has 1 aromatic rings. The lowest BCUT2D eigenvalue weighted by atomic mass is 9.88. The Kier molecular flexibility index (Phi) is 4.85. The van der Waals surface area contributed by atoms with Crippen molar-refractivity contribution in [3.05, 3.63) is 16.0 Å². The number of nitrogens with zero attached hydrogens (tertiary/aromatic N) is 1. The highest BCUT2D eigenvalue weighted by Crippen LogP contribution is 2.39. The largest absolute Gasteiger partial charge is 0.449 e. The third kappa shape index (κ3) is 3.05. The number of thiophene rings is 1. The fourth-order valence-electron chi connectivity index (χ4n) is 2.48. The third-order valence-electron chi connectivity index (χ3n) is 3.48. The number of carbonyl (C=O) groups excluding carboxylic acids is 1. The standard InChI is InChI=1S/C14H19N3O2S/c1-3-17-14(18)19-8-9-4-5-10-11(7-15)13(16-2)20-12(10)6-9/h9,16H,3-6,8H2,1-2H3,(H,17,18). The average molecular weight is 293 g/mol. The average Bonchev–Trinajstić information content (AvgIpc) is 2.82. The topological polar surface area (TPSA) is 74.2 Å². The van der Waals surface area contributed by atoms with E-state index in [2.05, 4.69) is 16.7 Å². The van der Waals surface area contributed by atoms with Crippen LogP contribution in [-0.4, -0.2) is 26.3 Å². The molecule has 0 fully saturated rings. The number of nitriles is 1. The first-order valence-corrected chi connectivity index (χ1v) is 7.64. The predicted molar refractivity (Wildman–Crippen MR) is 79.1 cm³/mol. The molecule has 1 heterocycles. The van der Waals surface area contributed by atoms with Crippen LogP contribution in [0.3, 0.4) is 0 Å². The molecular formula is C14H19N3O2S. The van der Waals surface area contributed by atoms with Crippen LogP contribution in [0.15, 0.2) is 0 Å². The second-order valence-electron chi connectivity index (χ2n) is 4.81. The van der Waals surface area contributed by atoms with Crippen molar-refractivity contribution in [3.8, 4) is 6.07 Å². The molecule has 108 valence electrons.